The summed E-state index contributed by atoms with van der Waals surface area (Å²) in [6, 6.07) is 11.3. The second-order valence-corrected chi connectivity index (χ2v) is 5.36. The normalized spacial score (nSPS) is 10.4. The largest absolute Gasteiger partial charge is 0.484 e. The van der Waals surface area contributed by atoms with Crippen molar-refractivity contribution in [3.8, 4) is 16.9 Å². The topological polar surface area (TPSA) is 79.9 Å². The molecule has 2 N–H and O–H groups in total. The average Bonchev–Trinajstić information content (AvgIpc) is 3.05. The lowest BCUT2D eigenvalue weighted by Gasteiger charge is -2.09. The average molecular weight is 322 g/mol. The highest BCUT2D eigenvalue weighted by Crippen LogP contribution is 2.25. The summed E-state index contributed by atoms with van der Waals surface area (Å²) < 4.78 is 5.58. The summed E-state index contributed by atoms with van der Waals surface area (Å²) in [4.78, 5) is 15.9. The predicted molar refractivity (Wildman–Crippen MR) is 90.3 cm³/mol. The Kier molecular flexibility index (Phi) is 4.86. The van der Waals surface area contributed by atoms with Crippen molar-refractivity contribution in [2.45, 2.75) is 13.5 Å². The number of amides is 1. The first-order valence-corrected chi connectivity index (χ1v) is 7.61. The molecule has 0 aliphatic heterocycles. The maximum atomic E-state index is 11.9. The number of H-pyrrole nitrogens is 1. The second-order valence-electron chi connectivity index (χ2n) is 5.36. The Morgan fingerprint density at radius 1 is 1.25 bits per heavy atom. The van der Waals surface area contributed by atoms with E-state index >= 15 is 0 Å². The third-order valence-corrected chi connectivity index (χ3v) is 3.56. The molecule has 0 spiro atoms. The molecule has 6 nitrogen and oxygen atoms in total. The maximum absolute atomic E-state index is 11.9. The fourth-order valence-electron chi connectivity index (χ4n) is 2.30. The van der Waals surface area contributed by atoms with Gasteiger partial charge in [0.2, 0.25) is 0 Å². The molecule has 24 heavy (non-hydrogen) atoms. The SMILES string of the molecule is Cc1[nH]ncc1-c1cccc(OCC(=O)NCc2cccnc2)c1. The van der Waals surface area contributed by atoms with Gasteiger partial charge in [0, 0.05) is 30.2 Å². The third kappa shape index (κ3) is 3.98. The second kappa shape index (κ2) is 7.41. The van der Waals surface area contributed by atoms with Gasteiger partial charge in [-0.3, -0.25) is 14.9 Å². The number of benzene rings is 1. The summed E-state index contributed by atoms with van der Waals surface area (Å²) in [6.45, 7) is 2.36. The summed E-state index contributed by atoms with van der Waals surface area (Å²) in [6.07, 6.45) is 5.19. The first-order chi connectivity index (χ1) is 11.7. The number of hydrogen-bond acceptors (Lipinski definition) is 4. The number of nitrogens with zero attached hydrogens (tertiary/aromatic N) is 2. The molecule has 0 atom stereocenters. The van der Waals surface area contributed by atoms with E-state index in [4.69, 9.17) is 4.74 Å². The standard InChI is InChI=1S/C18H18N4O2/c1-13-17(11-21-22-13)15-5-2-6-16(8-15)24-12-18(23)20-10-14-4-3-7-19-9-14/h2-9,11H,10,12H2,1H3,(H,20,23)(H,21,22). The summed E-state index contributed by atoms with van der Waals surface area (Å²) >= 11 is 0. The molecule has 0 radical (unpaired) electrons. The molecule has 6 heteroatoms. The van der Waals surface area contributed by atoms with E-state index in [0.29, 0.717) is 12.3 Å². The van der Waals surface area contributed by atoms with Gasteiger partial charge in [0.25, 0.3) is 5.91 Å². The number of nitrogens with one attached hydrogen (secondary N) is 2. The highest BCUT2D eigenvalue weighted by molar-refractivity contribution is 5.77. The van der Waals surface area contributed by atoms with Crippen LogP contribution >= 0.6 is 0 Å². The number of aromatic nitrogens is 3. The third-order valence-electron chi connectivity index (χ3n) is 3.56. The van der Waals surface area contributed by atoms with Crippen LogP contribution in [0.4, 0.5) is 0 Å². The Bertz CT molecular complexity index is 815. The summed E-state index contributed by atoms with van der Waals surface area (Å²) in [5, 5.41) is 9.73. The molecule has 0 bridgehead atoms. The molecule has 3 rings (SSSR count). The predicted octanol–water partition coefficient (Wildman–Crippen LogP) is 2.48. The van der Waals surface area contributed by atoms with Gasteiger partial charge in [-0.15, -0.1) is 0 Å². The molecule has 0 aliphatic carbocycles. The molecule has 2 aromatic heterocycles. The summed E-state index contributed by atoms with van der Waals surface area (Å²) in [7, 11) is 0. The number of hydrogen-bond donors (Lipinski definition) is 2. The molecule has 0 aliphatic rings. The minimum Gasteiger partial charge on any atom is -0.484 e. The molecule has 122 valence electrons. The van der Waals surface area contributed by atoms with E-state index in [9.17, 15) is 4.79 Å². The van der Waals surface area contributed by atoms with Crippen LogP contribution in [0.3, 0.4) is 0 Å². The Morgan fingerprint density at radius 2 is 2.17 bits per heavy atom. The van der Waals surface area contributed by atoms with Crippen LogP contribution in [0.25, 0.3) is 11.1 Å². The van der Waals surface area contributed by atoms with Crippen LogP contribution in [-0.2, 0) is 11.3 Å². The van der Waals surface area contributed by atoms with Crippen molar-refractivity contribution < 1.29 is 9.53 Å². The number of ether oxygens (including phenoxy) is 1. The van der Waals surface area contributed by atoms with Crippen molar-refractivity contribution in [3.05, 3.63) is 66.2 Å². The Labute approximate surface area is 139 Å². The molecule has 2 heterocycles. The van der Waals surface area contributed by atoms with Crippen LogP contribution in [0.15, 0.2) is 55.0 Å². The lowest BCUT2D eigenvalue weighted by Crippen LogP contribution is -2.28. The summed E-state index contributed by atoms with van der Waals surface area (Å²) in [5.74, 6) is 0.466. The molecule has 1 amide bonds. The van der Waals surface area contributed by atoms with Crippen LogP contribution in [0.5, 0.6) is 5.75 Å². The lowest BCUT2D eigenvalue weighted by atomic mass is 10.1. The minimum absolute atomic E-state index is 0.0336. The molecular weight excluding hydrogens is 304 g/mol. The smallest absolute Gasteiger partial charge is 0.258 e. The number of aromatic amines is 1. The van der Waals surface area contributed by atoms with Crippen molar-refractivity contribution in [1.82, 2.24) is 20.5 Å². The van der Waals surface area contributed by atoms with E-state index < -0.39 is 0 Å². The van der Waals surface area contributed by atoms with Gasteiger partial charge in [-0.1, -0.05) is 18.2 Å². The van der Waals surface area contributed by atoms with Crippen molar-refractivity contribution in [2.75, 3.05) is 6.61 Å². The zero-order valence-corrected chi connectivity index (χ0v) is 13.3. The van der Waals surface area contributed by atoms with Gasteiger partial charge in [0.15, 0.2) is 6.61 Å². The summed E-state index contributed by atoms with van der Waals surface area (Å²) in [5.41, 5.74) is 3.95. The van der Waals surface area contributed by atoms with Crippen molar-refractivity contribution in [2.24, 2.45) is 0 Å². The number of pyridine rings is 1. The van der Waals surface area contributed by atoms with Gasteiger partial charge in [-0.05, 0) is 36.2 Å². The van der Waals surface area contributed by atoms with Gasteiger partial charge in [-0.2, -0.15) is 5.10 Å². The number of carbonyl (C=O) groups is 1. The molecule has 0 saturated carbocycles. The van der Waals surface area contributed by atoms with Crippen molar-refractivity contribution >= 4 is 5.91 Å². The fourth-order valence-corrected chi connectivity index (χ4v) is 2.30. The first kappa shape index (κ1) is 15.7. The first-order valence-electron chi connectivity index (χ1n) is 7.61. The van der Waals surface area contributed by atoms with Crippen LogP contribution in [0, 0.1) is 6.92 Å². The molecule has 0 saturated heterocycles. The molecular formula is C18H18N4O2. The number of carbonyl (C=O) groups excluding carboxylic acids is 1. The Morgan fingerprint density at radius 3 is 2.92 bits per heavy atom. The monoisotopic (exact) mass is 322 g/mol. The van der Waals surface area contributed by atoms with Crippen LogP contribution < -0.4 is 10.1 Å². The zero-order chi connectivity index (χ0) is 16.8. The Balaban J connectivity index is 1.55. The van der Waals surface area contributed by atoms with Crippen molar-refractivity contribution in [1.29, 1.82) is 0 Å². The molecule has 0 unspecified atom stereocenters. The lowest BCUT2D eigenvalue weighted by molar-refractivity contribution is -0.123. The van der Waals surface area contributed by atoms with Crippen LogP contribution in [0.1, 0.15) is 11.3 Å². The van der Waals surface area contributed by atoms with Gasteiger partial charge >= 0.3 is 0 Å². The van der Waals surface area contributed by atoms with Crippen molar-refractivity contribution in [3.63, 3.8) is 0 Å². The van der Waals surface area contributed by atoms with Gasteiger partial charge in [-0.25, -0.2) is 0 Å². The quantitative estimate of drug-likeness (QED) is 0.730. The van der Waals surface area contributed by atoms with Crippen LogP contribution in [0.2, 0.25) is 0 Å². The van der Waals surface area contributed by atoms with E-state index in [1.165, 1.54) is 0 Å². The van der Waals surface area contributed by atoms with Gasteiger partial charge < -0.3 is 10.1 Å². The van der Waals surface area contributed by atoms with E-state index in [1.54, 1.807) is 18.6 Å². The maximum Gasteiger partial charge on any atom is 0.258 e. The molecule has 0 fully saturated rings. The van der Waals surface area contributed by atoms with E-state index in [-0.39, 0.29) is 12.5 Å². The molecule has 3 aromatic rings. The zero-order valence-electron chi connectivity index (χ0n) is 13.3. The van der Waals surface area contributed by atoms with Gasteiger partial charge in [0.1, 0.15) is 5.75 Å². The van der Waals surface area contributed by atoms with Gasteiger partial charge in [0.05, 0.1) is 6.20 Å². The molecule has 1 aromatic carbocycles. The van der Waals surface area contributed by atoms with E-state index in [1.807, 2.05) is 43.3 Å². The minimum atomic E-state index is -0.177. The van der Waals surface area contributed by atoms with Crippen LogP contribution in [-0.4, -0.2) is 27.7 Å². The van der Waals surface area contributed by atoms with E-state index in [2.05, 4.69) is 20.5 Å². The highest BCUT2D eigenvalue weighted by Gasteiger charge is 2.07. The van der Waals surface area contributed by atoms with E-state index in [0.717, 1.165) is 22.4 Å². The fraction of sp³-hybridized carbons (Fsp3) is 0.167. The number of rotatable bonds is 6. The highest BCUT2D eigenvalue weighted by atomic mass is 16.5. The number of aryl methyl sites for hydroxylation is 1. The Hall–Kier alpha value is -3.15.